The van der Waals surface area contributed by atoms with Crippen LogP contribution in [0.25, 0.3) is 0 Å². The Morgan fingerprint density at radius 3 is 2.50 bits per heavy atom. The zero-order valence-corrected chi connectivity index (χ0v) is 17.9. The van der Waals surface area contributed by atoms with E-state index in [9.17, 15) is 13.2 Å². The fourth-order valence-electron chi connectivity index (χ4n) is 4.13. The minimum Gasteiger partial charge on any atom is -0.355 e. The maximum absolute atomic E-state index is 12.7. The number of likely N-dealkylation sites (tertiary alicyclic amines) is 1. The average molecular weight is 426 g/mol. The highest BCUT2D eigenvalue weighted by atomic mass is 32.2. The van der Waals surface area contributed by atoms with Crippen molar-refractivity contribution in [2.75, 3.05) is 13.1 Å². The molecule has 30 heavy (non-hydrogen) atoms. The molecule has 0 radical (unpaired) electrons. The van der Waals surface area contributed by atoms with Crippen molar-refractivity contribution in [3.63, 3.8) is 0 Å². The number of benzene rings is 2. The molecule has 1 saturated heterocycles. The average Bonchev–Trinajstić information content (AvgIpc) is 3.04. The van der Waals surface area contributed by atoms with Crippen LogP contribution in [0.1, 0.15) is 37.3 Å². The molecule has 2 aromatic carbocycles. The van der Waals surface area contributed by atoms with Gasteiger partial charge in [0.1, 0.15) is 4.90 Å². The minimum atomic E-state index is -3.61. The number of aryl methyl sites for hydroxylation is 1. The molecule has 1 atom stereocenters. The van der Waals surface area contributed by atoms with E-state index < -0.39 is 10.0 Å². The number of fused-ring (bicyclic) bond motifs is 1. The van der Waals surface area contributed by atoms with Gasteiger partial charge in [0.15, 0.2) is 5.84 Å². The van der Waals surface area contributed by atoms with Crippen molar-refractivity contribution in [2.24, 2.45) is 10.3 Å². The Bertz CT molecular complexity index is 1040. The van der Waals surface area contributed by atoms with E-state index >= 15 is 0 Å². The van der Waals surface area contributed by atoms with Gasteiger partial charge >= 0.3 is 0 Å². The van der Waals surface area contributed by atoms with Crippen LogP contribution in [0.5, 0.6) is 0 Å². The lowest BCUT2D eigenvalue weighted by atomic mass is 9.94. The molecule has 0 saturated carbocycles. The Kier molecular flexibility index (Phi) is 5.90. The molecule has 1 N–H and O–H groups in total. The Morgan fingerprint density at radius 1 is 1.10 bits per heavy atom. The van der Waals surface area contributed by atoms with Crippen LogP contribution in [-0.4, -0.2) is 44.2 Å². The topological polar surface area (TPSA) is 78.8 Å². The van der Waals surface area contributed by atoms with E-state index in [1.54, 1.807) is 18.2 Å². The summed E-state index contributed by atoms with van der Waals surface area (Å²) in [7, 11) is -3.61. The third-order valence-electron chi connectivity index (χ3n) is 5.88. The number of hydrogen-bond donors (Lipinski definition) is 1. The van der Waals surface area contributed by atoms with E-state index in [0.29, 0.717) is 37.3 Å². The summed E-state index contributed by atoms with van der Waals surface area (Å²) < 4.78 is 28.6. The number of carbonyl (C=O) groups is 1. The van der Waals surface area contributed by atoms with Crippen LogP contribution in [0.2, 0.25) is 0 Å². The van der Waals surface area contributed by atoms with Gasteiger partial charge in [0.2, 0.25) is 5.91 Å². The van der Waals surface area contributed by atoms with Crippen molar-refractivity contribution in [3.8, 4) is 0 Å². The number of rotatable bonds is 5. The van der Waals surface area contributed by atoms with Crippen molar-refractivity contribution >= 4 is 21.8 Å². The molecule has 0 aromatic heterocycles. The molecule has 1 unspecified atom stereocenters. The third-order valence-corrected chi connectivity index (χ3v) is 7.20. The predicted molar refractivity (Wildman–Crippen MR) is 117 cm³/mol. The zero-order chi connectivity index (χ0) is 21.1. The summed E-state index contributed by atoms with van der Waals surface area (Å²) in [6.45, 7) is 3.30. The van der Waals surface area contributed by atoms with Gasteiger partial charge in [-0.15, -0.1) is 4.40 Å². The van der Waals surface area contributed by atoms with Crippen LogP contribution in [0, 0.1) is 5.92 Å². The van der Waals surface area contributed by atoms with Crippen LogP contribution in [0.3, 0.4) is 0 Å². The van der Waals surface area contributed by atoms with Gasteiger partial charge in [0, 0.05) is 30.6 Å². The highest BCUT2D eigenvalue weighted by molar-refractivity contribution is 7.90. The third kappa shape index (κ3) is 4.41. The predicted octanol–water partition coefficient (Wildman–Crippen LogP) is 2.99. The van der Waals surface area contributed by atoms with Gasteiger partial charge in [0.05, 0.1) is 0 Å². The number of amides is 1. The van der Waals surface area contributed by atoms with Crippen molar-refractivity contribution in [1.82, 2.24) is 10.2 Å². The monoisotopic (exact) mass is 425 g/mol. The molecule has 158 valence electrons. The Hall–Kier alpha value is -2.67. The van der Waals surface area contributed by atoms with E-state index in [-0.39, 0.29) is 22.8 Å². The second-order valence-corrected chi connectivity index (χ2v) is 9.65. The van der Waals surface area contributed by atoms with Gasteiger partial charge in [-0.05, 0) is 50.3 Å². The van der Waals surface area contributed by atoms with Gasteiger partial charge in [-0.3, -0.25) is 4.79 Å². The molecule has 1 fully saturated rings. The first-order valence-electron chi connectivity index (χ1n) is 10.5. The molecule has 0 bridgehead atoms. The molecule has 2 aliphatic rings. The fourth-order valence-corrected chi connectivity index (χ4v) is 5.36. The summed E-state index contributed by atoms with van der Waals surface area (Å²) in [5.41, 5.74) is 1.94. The lowest BCUT2D eigenvalue weighted by molar-refractivity contribution is -0.126. The molecule has 4 rings (SSSR count). The standard InChI is InChI=1S/C23H27N3O3S/c1-17(11-12-18-7-3-2-4-8-18)24-23(27)19-13-15-26(16-14-19)22-20-9-5-6-10-21(20)30(28,29)25-22/h2-10,17,19H,11-16H2,1H3,(H,24,27). The number of piperidine rings is 1. The molecule has 2 aromatic rings. The first kappa shape index (κ1) is 20.6. The van der Waals surface area contributed by atoms with E-state index in [1.807, 2.05) is 36.1 Å². The molecule has 0 aliphatic carbocycles. The normalized spacial score (nSPS) is 19.1. The molecular formula is C23H27N3O3S. The van der Waals surface area contributed by atoms with Crippen molar-refractivity contribution in [1.29, 1.82) is 0 Å². The first-order chi connectivity index (χ1) is 14.4. The fraction of sp³-hybridized carbons (Fsp3) is 0.391. The largest absolute Gasteiger partial charge is 0.355 e. The summed E-state index contributed by atoms with van der Waals surface area (Å²) in [5.74, 6) is 0.562. The SMILES string of the molecule is CC(CCc1ccccc1)NC(=O)C1CCN(C2=NS(=O)(=O)c3ccccc32)CC1. The number of nitrogens with zero attached hydrogens (tertiary/aromatic N) is 2. The maximum atomic E-state index is 12.7. The van der Waals surface area contributed by atoms with Crippen molar-refractivity contribution in [2.45, 2.75) is 43.5 Å². The Morgan fingerprint density at radius 2 is 1.77 bits per heavy atom. The number of carbonyl (C=O) groups excluding carboxylic acids is 1. The summed E-state index contributed by atoms with van der Waals surface area (Å²) in [5, 5.41) is 3.15. The van der Waals surface area contributed by atoms with Crippen LogP contribution in [0.4, 0.5) is 0 Å². The first-order valence-corrected chi connectivity index (χ1v) is 11.9. The number of hydrogen-bond acceptors (Lipinski definition) is 4. The smallest absolute Gasteiger partial charge is 0.285 e. The summed E-state index contributed by atoms with van der Waals surface area (Å²) in [4.78, 5) is 15.0. The molecule has 7 heteroatoms. The minimum absolute atomic E-state index is 0.0470. The molecule has 1 amide bonds. The van der Waals surface area contributed by atoms with E-state index in [2.05, 4.69) is 21.8 Å². The lowest BCUT2D eigenvalue weighted by Crippen LogP contribution is -2.44. The van der Waals surface area contributed by atoms with Crippen molar-refractivity contribution < 1.29 is 13.2 Å². The van der Waals surface area contributed by atoms with Crippen LogP contribution in [0.15, 0.2) is 63.9 Å². The number of nitrogens with one attached hydrogen (secondary N) is 1. The van der Waals surface area contributed by atoms with Gasteiger partial charge in [-0.1, -0.05) is 42.5 Å². The second-order valence-electron chi connectivity index (χ2n) is 8.08. The number of sulfonamides is 1. The lowest BCUT2D eigenvalue weighted by Gasteiger charge is -2.33. The van der Waals surface area contributed by atoms with Gasteiger partial charge < -0.3 is 10.2 Å². The van der Waals surface area contributed by atoms with Crippen LogP contribution < -0.4 is 5.32 Å². The summed E-state index contributed by atoms with van der Waals surface area (Å²) in [6.07, 6.45) is 3.23. The quantitative estimate of drug-likeness (QED) is 0.799. The van der Waals surface area contributed by atoms with E-state index in [1.165, 1.54) is 5.56 Å². The zero-order valence-electron chi connectivity index (χ0n) is 17.1. The number of amidine groups is 1. The molecule has 0 spiro atoms. The Labute approximate surface area is 178 Å². The van der Waals surface area contributed by atoms with E-state index in [4.69, 9.17) is 0 Å². The van der Waals surface area contributed by atoms with E-state index in [0.717, 1.165) is 12.8 Å². The van der Waals surface area contributed by atoms with Gasteiger partial charge in [-0.2, -0.15) is 8.42 Å². The second kappa shape index (κ2) is 8.60. The molecule has 2 aliphatic heterocycles. The van der Waals surface area contributed by atoms with Gasteiger partial charge in [0.25, 0.3) is 10.0 Å². The maximum Gasteiger partial charge on any atom is 0.285 e. The highest BCUT2D eigenvalue weighted by Gasteiger charge is 2.34. The Balaban J connectivity index is 1.30. The molecular weight excluding hydrogens is 398 g/mol. The van der Waals surface area contributed by atoms with Crippen LogP contribution >= 0.6 is 0 Å². The summed E-state index contributed by atoms with van der Waals surface area (Å²) >= 11 is 0. The van der Waals surface area contributed by atoms with Gasteiger partial charge in [-0.25, -0.2) is 0 Å². The molecule has 6 nitrogen and oxygen atoms in total. The summed E-state index contributed by atoms with van der Waals surface area (Å²) in [6, 6.07) is 17.3. The highest BCUT2D eigenvalue weighted by Crippen LogP contribution is 2.29. The van der Waals surface area contributed by atoms with Crippen LogP contribution in [-0.2, 0) is 21.2 Å². The van der Waals surface area contributed by atoms with Crippen molar-refractivity contribution in [3.05, 3.63) is 65.7 Å². The molecule has 2 heterocycles.